The third-order valence-corrected chi connectivity index (χ3v) is 4.44. The number of amides is 1. The molecule has 24 heavy (non-hydrogen) atoms. The van der Waals surface area contributed by atoms with E-state index in [-0.39, 0.29) is 18.9 Å². The maximum absolute atomic E-state index is 13.5. The summed E-state index contributed by atoms with van der Waals surface area (Å²) in [4.78, 5) is 14.2. The molecule has 0 bridgehead atoms. The summed E-state index contributed by atoms with van der Waals surface area (Å²) in [7, 11) is 0. The number of carbonyl (C=O) groups excluding carboxylic acids is 1. The largest absolute Gasteiger partial charge is 0.391 e. The second-order valence-corrected chi connectivity index (χ2v) is 6.10. The number of β-amino-alcohol motifs (C(OH)–C–C–N with tert-alkyl or cyclic N) is 1. The van der Waals surface area contributed by atoms with E-state index in [2.05, 4.69) is 5.16 Å². The third kappa shape index (κ3) is 3.03. The van der Waals surface area contributed by atoms with Crippen LogP contribution in [-0.2, 0) is 11.2 Å². The Labute approximate surface area is 137 Å². The van der Waals surface area contributed by atoms with E-state index in [0.717, 1.165) is 12.1 Å². The monoisotopic (exact) mass is 336 g/mol. The van der Waals surface area contributed by atoms with Crippen LogP contribution in [0.25, 0.3) is 0 Å². The molecule has 0 unspecified atom stereocenters. The van der Waals surface area contributed by atoms with E-state index in [1.807, 2.05) is 0 Å². The Morgan fingerprint density at radius 2 is 2.12 bits per heavy atom. The Kier molecular flexibility index (Phi) is 4.36. The van der Waals surface area contributed by atoms with Gasteiger partial charge in [0.05, 0.1) is 24.3 Å². The highest BCUT2D eigenvalue weighted by Crippen LogP contribution is 2.33. The van der Waals surface area contributed by atoms with Crippen LogP contribution in [-0.4, -0.2) is 33.7 Å². The molecular formula is C17H18F2N2O3. The highest BCUT2D eigenvalue weighted by atomic mass is 19.2. The molecule has 2 aromatic rings. The van der Waals surface area contributed by atoms with Crippen LogP contribution in [0.2, 0.25) is 0 Å². The van der Waals surface area contributed by atoms with Crippen molar-refractivity contribution in [2.75, 3.05) is 6.54 Å². The van der Waals surface area contributed by atoms with Gasteiger partial charge in [-0.3, -0.25) is 4.79 Å². The zero-order valence-electron chi connectivity index (χ0n) is 13.4. The molecule has 0 aliphatic carbocycles. The van der Waals surface area contributed by atoms with Crippen molar-refractivity contribution >= 4 is 5.91 Å². The molecule has 2 atom stereocenters. The van der Waals surface area contributed by atoms with Gasteiger partial charge in [-0.25, -0.2) is 8.78 Å². The molecule has 128 valence electrons. The van der Waals surface area contributed by atoms with Crippen molar-refractivity contribution in [1.29, 1.82) is 0 Å². The molecule has 1 amide bonds. The number of hydrogen-bond donors (Lipinski definition) is 1. The summed E-state index contributed by atoms with van der Waals surface area (Å²) in [6.45, 7) is 3.64. The molecule has 1 aliphatic rings. The lowest BCUT2D eigenvalue weighted by Gasteiger charge is -2.25. The summed E-state index contributed by atoms with van der Waals surface area (Å²) in [5.41, 5.74) is 1.83. The molecule has 0 radical (unpaired) electrons. The highest BCUT2D eigenvalue weighted by molar-refractivity contribution is 5.80. The normalized spacial score (nSPS) is 20.6. The minimum Gasteiger partial charge on any atom is -0.391 e. The number of aromatic nitrogens is 1. The van der Waals surface area contributed by atoms with Crippen LogP contribution in [0.5, 0.6) is 0 Å². The van der Waals surface area contributed by atoms with Gasteiger partial charge in [-0.1, -0.05) is 11.2 Å². The Balaban J connectivity index is 1.84. The molecule has 1 aromatic heterocycles. The zero-order valence-corrected chi connectivity index (χ0v) is 13.4. The zero-order chi connectivity index (χ0) is 17.4. The number of aliphatic hydroxyl groups excluding tert-OH is 1. The van der Waals surface area contributed by atoms with Gasteiger partial charge in [-0.15, -0.1) is 0 Å². The van der Waals surface area contributed by atoms with Gasteiger partial charge >= 0.3 is 0 Å². The van der Waals surface area contributed by atoms with Crippen molar-refractivity contribution in [1.82, 2.24) is 10.1 Å². The van der Waals surface area contributed by atoms with E-state index < -0.39 is 23.8 Å². The number of likely N-dealkylation sites (tertiary alicyclic amines) is 1. The Morgan fingerprint density at radius 1 is 1.38 bits per heavy atom. The summed E-state index contributed by atoms with van der Waals surface area (Å²) in [5.74, 6) is -1.54. The van der Waals surface area contributed by atoms with Gasteiger partial charge in [0.25, 0.3) is 0 Å². The number of nitrogens with zero attached hydrogens (tertiary/aromatic N) is 2. The molecule has 0 saturated carbocycles. The molecule has 5 nitrogen and oxygen atoms in total. The summed E-state index contributed by atoms with van der Waals surface area (Å²) in [5, 5.41) is 13.8. The van der Waals surface area contributed by atoms with Crippen molar-refractivity contribution in [2.24, 2.45) is 0 Å². The second kappa shape index (κ2) is 6.32. The molecule has 0 spiro atoms. The number of benzene rings is 1. The first-order chi connectivity index (χ1) is 11.4. The van der Waals surface area contributed by atoms with Crippen molar-refractivity contribution in [3.05, 3.63) is 52.4 Å². The Morgan fingerprint density at radius 3 is 2.75 bits per heavy atom. The van der Waals surface area contributed by atoms with Crippen molar-refractivity contribution in [3.63, 3.8) is 0 Å². The van der Waals surface area contributed by atoms with E-state index in [4.69, 9.17) is 4.52 Å². The first-order valence-electron chi connectivity index (χ1n) is 7.71. The first-order valence-corrected chi connectivity index (χ1v) is 7.71. The molecule has 1 aliphatic heterocycles. The van der Waals surface area contributed by atoms with Crippen LogP contribution in [0.15, 0.2) is 22.7 Å². The van der Waals surface area contributed by atoms with Gasteiger partial charge in [0, 0.05) is 12.1 Å². The summed E-state index contributed by atoms with van der Waals surface area (Å²) in [6.07, 6.45) is -0.316. The molecule has 1 fully saturated rings. The van der Waals surface area contributed by atoms with Crippen LogP contribution in [0.3, 0.4) is 0 Å². The van der Waals surface area contributed by atoms with Crippen LogP contribution in [0.1, 0.15) is 35.0 Å². The maximum atomic E-state index is 13.5. The summed E-state index contributed by atoms with van der Waals surface area (Å²) in [6, 6.07) is 3.07. The summed E-state index contributed by atoms with van der Waals surface area (Å²) >= 11 is 0. The minimum atomic E-state index is -0.966. The number of rotatable bonds is 3. The van der Waals surface area contributed by atoms with Crippen LogP contribution in [0.4, 0.5) is 8.78 Å². The van der Waals surface area contributed by atoms with Gasteiger partial charge in [-0.2, -0.15) is 0 Å². The van der Waals surface area contributed by atoms with E-state index >= 15 is 0 Å². The van der Waals surface area contributed by atoms with E-state index in [9.17, 15) is 18.7 Å². The average Bonchev–Trinajstić information content (AvgIpc) is 3.07. The fraction of sp³-hybridized carbons (Fsp3) is 0.412. The maximum Gasteiger partial charge on any atom is 0.227 e. The molecule has 1 saturated heterocycles. The fourth-order valence-corrected chi connectivity index (χ4v) is 3.13. The SMILES string of the molecule is Cc1noc(C)c1CC(=O)N1C[C@H](O)C[C@@H]1c1ccc(F)c(F)c1. The standard InChI is InChI=1S/C17H18F2N2O3/c1-9-13(10(2)24-20-9)7-17(23)21-8-12(22)6-16(21)11-3-4-14(18)15(19)5-11/h3-5,12,16,22H,6-8H2,1-2H3/t12-,16-/m1/s1. The van der Waals surface area contributed by atoms with Crippen molar-refractivity contribution in [3.8, 4) is 0 Å². The fourth-order valence-electron chi connectivity index (χ4n) is 3.13. The van der Waals surface area contributed by atoms with E-state index in [1.165, 1.54) is 11.0 Å². The van der Waals surface area contributed by atoms with Gasteiger partial charge in [0.15, 0.2) is 11.6 Å². The predicted octanol–water partition coefficient (Wildman–Crippen LogP) is 2.45. The first kappa shape index (κ1) is 16.6. The lowest BCUT2D eigenvalue weighted by Crippen LogP contribution is -2.33. The van der Waals surface area contributed by atoms with Crippen molar-refractivity contribution < 1.29 is 23.2 Å². The lowest BCUT2D eigenvalue weighted by atomic mass is 10.0. The molecular weight excluding hydrogens is 318 g/mol. The van der Waals surface area contributed by atoms with Gasteiger partial charge in [0.1, 0.15) is 5.76 Å². The molecule has 1 N–H and O–H groups in total. The Bertz CT molecular complexity index is 756. The molecule has 2 heterocycles. The quantitative estimate of drug-likeness (QED) is 0.935. The number of carbonyl (C=O) groups is 1. The Hall–Kier alpha value is -2.28. The molecule has 3 rings (SSSR count). The minimum absolute atomic E-state index is 0.0913. The number of hydrogen-bond acceptors (Lipinski definition) is 4. The lowest BCUT2D eigenvalue weighted by molar-refractivity contribution is -0.131. The number of aryl methyl sites for hydroxylation is 2. The number of aliphatic hydroxyl groups is 1. The third-order valence-electron chi connectivity index (χ3n) is 4.44. The molecule has 7 heteroatoms. The average molecular weight is 336 g/mol. The van der Waals surface area contributed by atoms with Crippen molar-refractivity contribution in [2.45, 2.75) is 38.8 Å². The van der Waals surface area contributed by atoms with Crippen LogP contribution in [0, 0.1) is 25.5 Å². The highest BCUT2D eigenvalue weighted by Gasteiger charge is 2.36. The second-order valence-electron chi connectivity index (χ2n) is 6.10. The van der Waals surface area contributed by atoms with Gasteiger partial charge < -0.3 is 14.5 Å². The summed E-state index contributed by atoms with van der Waals surface area (Å²) < 4.78 is 31.7. The van der Waals surface area contributed by atoms with Gasteiger partial charge in [0.2, 0.25) is 5.91 Å². The van der Waals surface area contributed by atoms with E-state index in [0.29, 0.717) is 29.0 Å². The number of halogens is 2. The predicted molar refractivity (Wildman–Crippen MR) is 81.1 cm³/mol. The van der Waals surface area contributed by atoms with Gasteiger partial charge in [-0.05, 0) is 38.0 Å². The smallest absolute Gasteiger partial charge is 0.227 e. The van der Waals surface area contributed by atoms with Crippen LogP contribution >= 0.6 is 0 Å². The topological polar surface area (TPSA) is 66.6 Å². The molecule has 1 aromatic carbocycles. The van der Waals surface area contributed by atoms with E-state index in [1.54, 1.807) is 13.8 Å². The van der Waals surface area contributed by atoms with Crippen LogP contribution < -0.4 is 0 Å².